The molecule has 1 saturated carbocycles. The Bertz CT molecular complexity index is 135. The normalized spacial score (nSPS) is 30.2. The van der Waals surface area contributed by atoms with Gasteiger partial charge in [0.1, 0.15) is 0 Å². The van der Waals surface area contributed by atoms with E-state index in [1.54, 1.807) is 0 Å². The standard InChI is InChI=1S/C12H25NO/c1-3-13-12(8-9-14)11-6-4-10(2)5-7-11/h10-14H,3-9H2,1-2H3. The first kappa shape index (κ1) is 12.0. The molecule has 1 atom stereocenters. The summed E-state index contributed by atoms with van der Waals surface area (Å²) in [5.41, 5.74) is 0. The van der Waals surface area contributed by atoms with Crippen molar-refractivity contribution < 1.29 is 5.11 Å². The molecule has 1 aliphatic carbocycles. The molecule has 0 saturated heterocycles. The summed E-state index contributed by atoms with van der Waals surface area (Å²) in [4.78, 5) is 0. The van der Waals surface area contributed by atoms with Gasteiger partial charge in [0.05, 0.1) is 0 Å². The summed E-state index contributed by atoms with van der Waals surface area (Å²) in [5, 5.41) is 12.5. The second kappa shape index (κ2) is 6.41. The predicted octanol–water partition coefficient (Wildman–Crippen LogP) is 2.17. The van der Waals surface area contributed by atoms with Gasteiger partial charge in [-0.15, -0.1) is 0 Å². The summed E-state index contributed by atoms with van der Waals surface area (Å²) in [6.45, 7) is 5.85. The molecule has 14 heavy (non-hydrogen) atoms. The zero-order valence-corrected chi connectivity index (χ0v) is 9.63. The van der Waals surface area contributed by atoms with Gasteiger partial charge in [0, 0.05) is 12.6 Å². The zero-order valence-electron chi connectivity index (χ0n) is 9.63. The van der Waals surface area contributed by atoms with Gasteiger partial charge in [0.2, 0.25) is 0 Å². The Morgan fingerprint density at radius 3 is 2.43 bits per heavy atom. The van der Waals surface area contributed by atoms with Crippen molar-refractivity contribution in [3.8, 4) is 0 Å². The van der Waals surface area contributed by atoms with E-state index in [4.69, 9.17) is 5.11 Å². The molecule has 0 aromatic carbocycles. The molecule has 0 aromatic rings. The Hall–Kier alpha value is -0.0800. The van der Waals surface area contributed by atoms with E-state index in [0.29, 0.717) is 12.6 Å². The van der Waals surface area contributed by atoms with Crippen LogP contribution >= 0.6 is 0 Å². The fraction of sp³-hybridized carbons (Fsp3) is 1.00. The van der Waals surface area contributed by atoms with E-state index >= 15 is 0 Å². The molecular weight excluding hydrogens is 174 g/mol. The fourth-order valence-corrected chi connectivity index (χ4v) is 2.59. The highest BCUT2D eigenvalue weighted by Gasteiger charge is 2.24. The Balaban J connectivity index is 2.34. The van der Waals surface area contributed by atoms with Gasteiger partial charge < -0.3 is 10.4 Å². The van der Waals surface area contributed by atoms with E-state index in [2.05, 4.69) is 19.2 Å². The second-order valence-corrected chi connectivity index (χ2v) is 4.70. The average Bonchev–Trinajstić information content (AvgIpc) is 2.19. The lowest BCUT2D eigenvalue weighted by molar-refractivity contribution is 0.191. The van der Waals surface area contributed by atoms with Crippen molar-refractivity contribution in [2.45, 2.75) is 52.0 Å². The number of aliphatic hydroxyl groups excluding tert-OH is 1. The van der Waals surface area contributed by atoms with E-state index in [1.807, 2.05) is 0 Å². The molecule has 1 aliphatic rings. The predicted molar refractivity (Wildman–Crippen MR) is 60.3 cm³/mol. The van der Waals surface area contributed by atoms with Gasteiger partial charge in [-0.25, -0.2) is 0 Å². The van der Waals surface area contributed by atoms with Crippen molar-refractivity contribution in [2.24, 2.45) is 11.8 Å². The van der Waals surface area contributed by atoms with Gasteiger partial charge in [-0.05, 0) is 37.6 Å². The van der Waals surface area contributed by atoms with E-state index in [0.717, 1.165) is 24.8 Å². The first-order chi connectivity index (χ1) is 6.77. The molecule has 0 radical (unpaired) electrons. The Kier molecular flexibility index (Phi) is 5.49. The van der Waals surface area contributed by atoms with E-state index < -0.39 is 0 Å². The highest BCUT2D eigenvalue weighted by Crippen LogP contribution is 2.31. The smallest absolute Gasteiger partial charge is 0.0445 e. The molecule has 1 unspecified atom stereocenters. The average molecular weight is 199 g/mol. The van der Waals surface area contributed by atoms with Gasteiger partial charge in [0.15, 0.2) is 0 Å². The maximum Gasteiger partial charge on any atom is 0.0445 e. The number of rotatable bonds is 5. The molecule has 0 aromatic heterocycles. The molecule has 2 N–H and O–H groups in total. The molecule has 1 rings (SSSR count). The van der Waals surface area contributed by atoms with Crippen molar-refractivity contribution in [1.29, 1.82) is 0 Å². The number of aliphatic hydroxyl groups is 1. The second-order valence-electron chi connectivity index (χ2n) is 4.70. The number of hydrogen-bond acceptors (Lipinski definition) is 2. The molecule has 2 heteroatoms. The van der Waals surface area contributed by atoms with Crippen LogP contribution in [0.2, 0.25) is 0 Å². The minimum atomic E-state index is 0.323. The van der Waals surface area contributed by atoms with Crippen molar-refractivity contribution in [1.82, 2.24) is 5.32 Å². The molecule has 2 nitrogen and oxygen atoms in total. The summed E-state index contributed by atoms with van der Waals surface area (Å²) in [5.74, 6) is 1.72. The third-order valence-electron chi connectivity index (χ3n) is 3.54. The first-order valence-electron chi connectivity index (χ1n) is 6.12. The third kappa shape index (κ3) is 3.58. The highest BCUT2D eigenvalue weighted by atomic mass is 16.3. The van der Waals surface area contributed by atoms with Crippen LogP contribution < -0.4 is 5.32 Å². The maximum atomic E-state index is 9.01. The summed E-state index contributed by atoms with van der Waals surface area (Å²) < 4.78 is 0. The van der Waals surface area contributed by atoms with Crippen molar-refractivity contribution >= 4 is 0 Å². The molecule has 0 spiro atoms. The summed E-state index contributed by atoms with van der Waals surface area (Å²) in [6.07, 6.45) is 6.36. The molecule has 0 aliphatic heterocycles. The third-order valence-corrected chi connectivity index (χ3v) is 3.54. The van der Waals surface area contributed by atoms with Gasteiger partial charge in [0.25, 0.3) is 0 Å². The summed E-state index contributed by atoms with van der Waals surface area (Å²) in [7, 11) is 0. The SMILES string of the molecule is CCNC(CCO)C1CCC(C)CC1. The van der Waals surface area contributed by atoms with Gasteiger partial charge in [-0.2, -0.15) is 0 Å². The zero-order chi connectivity index (χ0) is 10.4. The van der Waals surface area contributed by atoms with Crippen molar-refractivity contribution in [3.63, 3.8) is 0 Å². The minimum Gasteiger partial charge on any atom is -0.396 e. The van der Waals surface area contributed by atoms with Gasteiger partial charge in [-0.1, -0.05) is 26.7 Å². The van der Waals surface area contributed by atoms with Crippen LogP contribution in [0.15, 0.2) is 0 Å². The monoisotopic (exact) mass is 199 g/mol. The maximum absolute atomic E-state index is 9.01. The minimum absolute atomic E-state index is 0.323. The fourth-order valence-electron chi connectivity index (χ4n) is 2.59. The van der Waals surface area contributed by atoms with Crippen LogP contribution in [0.5, 0.6) is 0 Å². The van der Waals surface area contributed by atoms with Gasteiger partial charge >= 0.3 is 0 Å². The quantitative estimate of drug-likeness (QED) is 0.711. The molecular formula is C12H25NO. The van der Waals surface area contributed by atoms with E-state index in [-0.39, 0.29) is 0 Å². The van der Waals surface area contributed by atoms with E-state index in [9.17, 15) is 0 Å². The molecule has 0 heterocycles. The lowest BCUT2D eigenvalue weighted by Crippen LogP contribution is -2.38. The molecule has 0 bridgehead atoms. The largest absolute Gasteiger partial charge is 0.396 e. The van der Waals surface area contributed by atoms with E-state index in [1.165, 1.54) is 25.7 Å². The highest BCUT2D eigenvalue weighted by molar-refractivity contribution is 4.80. The Labute approximate surface area is 88.1 Å². The lowest BCUT2D eigenvalue weighted by atomic mass is 9.78. The Morgan fingerprint density at radius 1 is 1.29 bits per heavy atom. The van der Waals surface area contributed by atoms with Crippen LogP contribution in [0.4, 0.5) is 0 Å². The van der Waals surface area contributed by atoms with Gasteiger partial charge in [-0.3, -0.25) is 0 Å². The lowest BCUT2D eigenvalue weighted by Gasteiger charge is -2.33. The van der Waals surface area contributed by atoms with Crippen LogP contribution in [0, 0.1) is 11.8 Å². The topological polar surface area (TPSA) is 32.3 Å². The van der Waals surface area contributed by atoms with Crippen molar-refractivity contribution in [3.05, 3.63) is 0 Å². The number of hydrogen-bond donors (Lipinski definition) is 2. The van der Waals surface area contributed by atoms with Crippen LogP contribution in [0.3, 0.4) is 0 Å². The number of nitrogens with one attached hydrogen (secondary N) is 1. The Morgan fingerprint density at radius 2 is 1.93 bits per heavy atom. The summed E-state index contributed by atoms with van der Waals surface area (Å²) in [6, 6.07) is 0.553. The molecule has 84 valence electrons. The van der Waals surface area contributed by atoms with Crippen molar-refractivity contribution in [2.75, 3.05) is 13.2 Å². The first-order valence-corrected chi connectivity index (χ1v) is 6.12. The van der Waals surface area contributed by atoms with Crippen LogP contribution in [0.1, 0.15) is 46.0 Å². The van der Waals surface area contributed by atoms with Crippen LogP contribution in [-0.2, 0) is 0 Å². The van der Waals surface area contributed by atoms with Crippen LogP contribution in [0.25, 0.3) is 0 Å². The summed E-state index contributed by atoms with van der Waals surface area (Å²) >= 11 is 0. The van der Waals surface area contributed by atoms with Crippen LogP contribution in [-0.4, -0.2) is 24.3 Å². The molecule has 0 amide bonds. The molecule has 1 fully saturated rings.